The Bertz CT molecular complexity index is 1110. The molecule has 1 spiro atoms. The fourth-order valence-electron chi connectivity index (χ4n) is 6.41. The van der Waals surface area contributed by atoms with Gasteiger partial charge in [-0.15, -0.1) is 0 Å². The molecule has 0 aromatic heterocycles. The van der Waals surface area contributed by atoms with E-state index in [1.165, 1.54) is 5.56 Å². The molecule has 1 aliphatic carbocycles. The van der Waals surface area contributed by atoms with Gasteiger partial charge < -0.3 is 15.1 Å². The average Bonchev–Trinajstić information content (AvgIpc) is 3.58. The Kier molecular flexibility index (Phi) is 7.90. The predicted molar refractivity (Wildman–Crippen MR) is 143 cm³/mol. The lowest BCUT2D eigenvalue weighted by Crippen LogP contribution is -2.45. The van der Waals surface area contributed by atoms with E-state index in [1.807, 2.05) is 47.4 Å². The Morgan fingerprint density at radius 3 is 2.35 bits per heavy atom. The van der Waals surface area contributed by atoms with E-state index in [9.17, 15) is 9.59 Å². The van der Waals surface area contributed by atoms with E-state index in [0.29, 0.717) is 18.0 Å². The van der Waals surface area contributed by atoms with Gasteiger partial charge in [0.05, 0.1) is 23.1 Å². The highest BCUT2D eigenvalue weighted by Gasteiger charge is 2.47. The summed E-state index contributed by atoms with van der Waals surface area (Å²) < 4.78 is 0. The molecule has 37 heavy (non-hydrogen) atoms. The molecule has 5 rings (SSSR count). The molecule has 0 unspecified atom stereocenters. The van der Waals surface area contributed by atoms with E-state index in [4.69, 9.17) is 5.26 Å². The molecule has 3 fully saturated rings. The first-order valence-corrected chi connectivity index (χ1v) is 13.9. The smallest absolute Gasteiger partial charge is 0.229 e. The van der Waals surface area contributed by atoms with E-state index in [2.05, 4.69) is 28.4 Å². The van der Waals surface area contributed by atoms with Crippen LogP contribution in [0.25, 0.3) is 0 Å². The normalized spacial score (nSPS) is 20.7. The fraction of sp³-hybridized carbons (Fsp3) is 0.516. The quantitative estimate of drug-likeness (QED) is 0.567. The van der Waals surface area contributed by atoms with Crippen molar-refractivity contribution in [1.29, 1.82) is 5.26 Å². The maximum atomic E-state index is 13.4. The van der Waals surface area contributed by atoms with Crippen molar-refractivity contribution in [3.63, 3.8) is 0 Å². The third-order valence-electron chi connectivity index (χ3n) is 8.85. The van der Waals surface area contributed by atoms with Gasteiger partial charge in [0.15, 0.2) is 0 Å². The summed E-state index contributed by atoms with van der Waals surface area (Å²) in [5.41, 5.74) is 2.67. The zero-order chi connectivity index (χ0) is 25.7. The lowest BCUT2D eigenvalue weighted by atomic mass is 9.77. The van der Waals surface area contributed by atoms with Crippen LogP contribution in [0.5, 0.6) is 0 Å². The Morgan fingerprint density at radius 2 is 1.68 bits per heavy atom. The lowest BCUT2D eigenvalue weighted by Gasteiger charge is -2.38. The van der Waals surface area contributed by atoms with Crippen LogP contribution in [0.15, 0.2) is 54.6 Å². The second-order valence-corrected chi connectivity index (χ2v) is 11.1. The van der Waals surface area contributed by atoms with Gasteiger partial charge in [-0.3, -0.25) is 9.59 Å². The minimum Gasteiger partial charge on any atom is -0.349 e. The number of hydrogen-bond donors (Lipinski definition) is 1. The van der Waals surface area contributed by atoms with Crippen LogP contribution >= 0.6 is 0 Å². The second-order valence-electron chi connectivity index (χ2n) is 11.1. The molecule has 1 atom stereocenters. The highest BCUT2D eigenvalue weighted by Crippen LogP contribution is 2.42. The first-order valence-electron chi connectivity index (χ1n) is 13.9. The number of benzene rings is 2. The molecular weight excluding hydrogens is 460 g/mol. The number of amides is 2. The molecule has 1 saturated carbocycles. The summed E-state index contributed by atoms with van der Waals surface area (Å²) in [6.07, 6.45) is 7.96. The summed E-state index contributed by atoms with van der Waals surface area (Å²) in [5, 5.41) is 12.4. The molecule has 3 aliphatic rings. The fourth-order valence-corrected chi connectivity index (χ4v) is 6.41. The summed E-state index contributed by atoms with van der Waals surface area (Å²) in [4.78, 5) is 30.8. The maximum absolute atomic E-state index is 13.4. The number of nitriles is 1. The van der Waals surface area contributed by atoms with Crippen LogP contribution in [0.2, 0.25) is 0 Å². The third kappa shape index (κ3) is 5.88. The van der Waals surface area contributed by atoms with Crippen molar-refractivity contribution < 1.29 is 9.59 Å². The molecule has 194 valence electrons. The lowest BCUT2D eigenvalue weighted by molar-refractivity contribution is -0.139. The van der Waals surface area contributed by atoms with Crippen LogP contribution in [-0.4, -0.2) is 47.8 Å². The Labute approximate surface area is 220 Å². The van der Waals surface area contributed by atoms with Crippen LogP contribution < -0.4 is 5.32 Å². The summed E-state index contributed by atoms with van der Waals surface area (Å²) in [5.74, 6) is 0.673. The van der Waals surface area contributed by atoms with Crippen molar-refractivity contribution in [2.45, 2.75) is 64.0 Å². The molecule has 2 aromatic rings. The Hall–Kier alpha value is -3.17. The van der Waals surface area contributed by atoms with Gasteiger partial charge in [0.1, 0.15) is 0 Å². The molecule has 0 bridgehead atoms. The van der Waals surface area contributed by atoms with E-state index in [-0.39, 0.29) is 23.3 Å². The standard InChI is InChI=1S/C31H38N4O2/c32-22-24-10-12-25(13-11-24)23-35-21-17-31(30(35)37)15-19-34(20-16-31)18-14-28(26-6-2-1-3-7-26)33-29(36)27-8-4-5-9-27/h1-3,6-7,10-13,27-28H,4-5,8-9,14-21,23H2,(H,33,36)/t28-/m0/s1. The molecule has 6 heteroatoms. The molecule has 2 aliphatic heterocycles. The molecule has 0 radical (unpaired) electrons. The monoisotopic (exact) mass is 498 g/mol. The number of carbonyl (C=O) groups is 2. The van der Waals surface area contributed by atoms with E-state index in [1.54, 1.807) is 0 Å². The molecule has 2 saturated heterocycles. The highest BCUT2D eigenvalue weighted by atomic mass is 16.2. The summed E-state index contributed by atoms with van der Waals surface area (Å²) >= 11 is 0. The highest BCUT2D eigenvalue weighted by molar-refractivity contribution is 5.85. The van der Waals surface area contributed by atoms with Gasteiger partial charge in [0.2, 0.25) is 11.8 Å². The van der Waals surface area contributed by atoms with Crippen LogP contribution in [0.1, 0.15) is 74.1 Å². The zero-order valence-electron chi connectivity index (χ0n) is 21.7. The minimum absolute atomic E-state index is 0.0289. The van der Waals surface area contributed by atoms with E-state index < -0.39 is 0 Å². The van der Waals surface area contributed by atoms with Gasteiger partial charge in [-0.25, -0.2) is 0 Å². The van der Waals surface area contributed by atoms with Gasteiger partial charge in [-0.05, 0) is 74.9 Å². The second kappa shape index (κ2) is 11.5. The summed E-state index contributed by atoms with van der Waals surface area (Å²) in [6, 6.07) is 20.1. The molecular formula is C31H38N4O2. The van der Waals surface area contributed by atoms with Crippen molar-refractivity contribution in [3.05, 3.63) is 71.3 Å². The molecule has 2 aromatic carbocycles. The first kappa shape index (κ1) is 25.5. The van der Waals surface area contributed by atoms with Crippen molar-refractivity contribution in [1.82, 2.24) is 15.1 Å². The Balaban J connectivity index is 1.14. The number of nitrogens with zero attached hydrogens (tertiary/aromatic N) is 3. The first-order chi connectivity index (χ1) is 18.1. The molecule has 2 amide bonds. The van der Waals surface area contributed by atoms with Crippen LogP contribution in [0.4, 0.5) is 0 Å². The van der Waals surface area contributed by atoms with Gasteiger partial charge in [0.25, 0.3) is 0 Å². The van der Waals surface area contributed by atoms with Crippen LogP contribution in [-0.2, 0) is 16.1 Å². The van der Waals surface area contributed by atoms with Crippen LogP contribution in [0.3, 0.4) is 0 Å². The van der Waals surface area contributed by atoms with Crippen molar-refractivity contribution in [2.75, 3.05) is 26.2 Å². The van der Waals surface area contributed by atoms with Gasteiger partial charge in [-0.1, -0.05) is 55.3 Å². The van der Waals surface area contributed by atoms with E-state index >= 15 is 0 Å². The van der Waals surface area contributed by atoms with Gasteiger partial charge in [-0.2, -0.15) is 5.26 Å². The van der Waals surface area contributed by atoms with Crippen molar-refractivity contribution in [3.8, 4) is 6.07 Å². The minimum atomic E-state index is -0.224. The number of likely N-dealkylation sites (tertiary alicyclic amines) is 2. The van der Waals surface area contributed by atoms with E-state index in [0.717, 1.165) is 83.1 Å². The summed E-state index contributed by atoms with van der Waals surface area (Å²) in [7, 11) is 0. The molecule has 1 N–H and O–H groups in total. The third-order valence-corrected chi connectivity index (χ3v) is 8.85. The van der Waals surface area contributed by atoms with Crippen molar-refractivity contribution >= 4 is 11.8 Å². The molecule has 6 nitrogen and oxygen atoms in total. The van der Waals surface area contributed by atoms with Gasteiger partial charge in [0, 0.05) is 25.6 Å². The van der Waals surface area contributed by atoms with Crippen LogP contribution in [0, 0.1) is 22.7 Å². The number of nitrogens with one attached hydrogen (secondary N) is 1. The topological polar surface area (TPSA) is 76.4 Å². The summed E-state index contributed by atoms with van der Waals surface area (Å²) in [6.45, 7) is 4.20. The maximum Gasteiger partial charge on any atom is 0.229 e. The number of hydrogen-bond acceptors (Lipinski definition) is 4. The number of carbonyl (C=O) groups excluding carboxylic acids is 2. The average molecular weight is 499 g/mol. The largest absolute Gasteiger partial charge is 0.349 e. The zero-order valence-corrected chi connectivity index (χ0v) is 21.7. The Morgan fingerprint density at radius 1 is 1.00 bits per heavy atom. The van der Waals surface area contributed by atoms with Crippen molar-refractivity contribution in [2.24, 2.45) is 11.3 Å². The van der Waals surface area contributed by atoms with Gasteiger partial charge >= 0.3 is 0 Å². The SMILES string of the molecule is N#Cc1ccc(CN2CCC3(CCN(CC[C@H](NC(=O)C4CCCC4)c4ccccc4)CC3)C2=O)cc1. The predicted octanol–water partition coefficient (Wildman–Crippen LogP) is 4.81. The number of rotatable bonds is 8. The molecule has 2 heterocycles. The number of piperidine rings is 1.